The molecule has 0 fully saturated rings. The van der Waals surface area contributed by atoms with Crippen molar-refractivity contribution in [3.8, 4) is 0 Å². The maximum Gasteiger partial charge on any atom is 0.268 e. The molecule has 130 valence electrons. The van der Waals surface area contributed by atoms with Crippen molar-refractivity contribution >= 4 is 20.9 Å². The highest BCUT2D eigenvalue weighted by Crippen LogP contribution is 2.34. The summed E-state index contributed by atoms with van der Waals surface area (Å²) in [6.07, 6.45) is 4.99. The van der Waals surface area contributed by atoms with E-state index >= 15 is 0 Å². The molecule has 0 radical (unpaired) electrons. The lowest BCUT2D eigenvalue weighted by molar-refractivity contribution is 0.376. The second-order valence-electron chi connectivity index (χ2n) is 7.26. The van der Waals surface area contributed by atoms with E-state index in [0.29, 0.717) is 16.7 Å². The molecule has 0 aliphatic heterocycles. The molecule has 2 atom stereocenters. The Hall–Kier alpha value is -2.07. The predicted octanol–water partition coefficient (Wildman–Crippen LogP) is 4.64. The third-order valence-electron chi connectivity index (χ3n) is 5.71. The summed E-state index contributed by atoms with van der Waals surface area (Å²) in [5.41, 5.74) is 3.49. The normalized spacial score (nSPS) is 21.0. The van der Waals surface area contributed by atoms with E-state index in [1.54, 1.807) is 30.5 Å². The van der Waals surface area contributed by atoms with Crippen molar-refractivity contribution in [1.82, 2.24) is 3.97 Å². The lowest BCUT2D eigenvalue weighted by Crippen LogP contribution is -2.12. The van der Waals surface area contributed by atoms with Gasteiger partial charge in [-0.3, -0.25) is 0 Å². The average Bonchev–Trinajstić information content (AvgIpc) is 3.00. The number of aromatic nitrogens is 1. The first-order chi connectivity index (χ1) is 12.0. The standard InChI is InChI=1S/C21H23NO2S/c1-15-8-9-17-10-11-21-19(20(17)14-16(15)2)12-13-22(21)25(23,24)18-6-4-3-5-7-18/h3-7,10-13,15-16H,8-9,14H2,1-2H3/t15-,16?/m1/s1. The molecule has 25 heavy (non-hydrogen) atoms. The maximum atomic E-state index is 13.0. The van der Waals surface area contributed by atoms with E-state index < -0.39 is 10.0 Å². The summed E-state index contributed by atoms with van der Waals surface area (Å²) >= 11 is 0. The molecule has 4 heteroatoms. The summed E-state index contributed by atoms with van der Waals surface area (Å²) in [5.74, 6) is 1.30. The van der Waals surface area contributed by atoms with Gasteiger partial charge in [0.2, 0.25) is 0 Å². The van der Waals surface area contributed by atoms with Gasteiger partial charge < -0.3 is 0 Å². The van der Waals surface area contributed by atoms with Crippen LogP contribution in [-0.4, -0.2) is 12.4 Å². The first kappa shape index (κ1) is 16.4. The van der Waals surface area contributed by atoms with Crippen molar-refractivity contribution in [2.75, 3.05) is 0 Å². The van der Waals surface area contributed by atoms with Gasteiger partial charge in [0.05, 0.1) is 10.4 Å². The van der Waals surface area contributed by atoms with Crippen LogP contribution in [-0.2, 0) is 22.9 Å². The van der Waals surface area contributed by atoms with Crippen LogP contribution in [0.3, 0.4) is 0 Å². The van der Waals surface area contributed by atoms with Crippen LogP contribution >= 0.6 is 0 Å². The summed E-state index contributed by atoms with van der Waals surface area (Å²) in [7, 11) is -3.57. The van der Waals surface area contributed by atoms with E-state index in [9.17, 15) is 8.42 Å². The Balaban J connectivity index is 1.89. The lowest BCUT2D eigenvalue weighted by Gasteiger charge is -2.16. The van der Waals surface area contributed by atoms with E-state index in [2.05, 4.69) is 19.9 Å². The number of fused-ring (bicyclic) bond motifs is 3. The molecular weight excluding hydrogens is 330 g/mol. The second-order valence-corrected chi connectivity index (χ2v) is 9.08. The number of rotatable bonds is 2. The Morgan fingerprint density at radius 1 is 0.960 bits per heavy atom. The van der Waals surface area contributed by atoms with Gasteiger partial charge in [0.25, 0.3) is 10.0 Å². The van der Waals surface area contributed by atoms with Crippen molar-refractivity contribution in [1.29, 1.82) is 0 Å². The highest BCUT2D eigenvalue weighted by Gasteiger charge is 2.24. The third-order valence-corrected chi connectivity index (χ3v) is 7.42. The van der Waals surface area contributed by atoms with Gasteiger partial charge in [-0.25, -0.2) is 12.4 Å². The SMILES string of the molecule is CC1Cc2c(ccc3c2ccn3S(=O)(=O)c2ccccc2)CC[C@H]1C. The Labute approximate surface area is 149 Å². The summed E-state index contributed by atoms with van der Waals surface area (Å²) in [4.78, 5) is 0.324. The summed E-state index contributed by atoms with van der Waals surface area (Å²) in [5, 5.41) is 1.08. The molecule has 0 N–H and O–H groups in total. The van der Waals surface area contributed by atoms with Crippen molar-refractivity contribution in [3.05, 3.63) is 65.9 Å². The highest BCUT2D eigenvalue weighted by molar-refractivity contribution is 7.90. The third kappa shape index (κ3) is 2.69. The molecule has 3 nitrogen and oxygen atoms in total. The van der Waals surface area contributed by atoms with Crippen LogP contribution in [0.5, 0.6) is 0 Å². The molecule has 0 bridgehead atoms. The first-order valence-electron chi connectivity index (χ1n) is 8.91. The minimum Gasteiger partial charge on any atom is -0.241 e. The molecule has 4 rings (SSSR count). The zero-order chi connectivity index (χ0) is 17.6. The number of aryl methyl sites for hydroxylation is 1. The van der Waals surface area contributed by atoms with Crippen molar-refractivity contribution in [3.63, 3.8) is 0 Å². The van der Waals surface area contributed by atoms with E-state index in [0.717, 1.165) is 23.7 Å². The van der Waals surface area contributed by atoms with E-state index in [1.807, 2.05) is 18.2 Å². The summed E-state index contributed by atoms with van der Waals surface area (Å²) in [6, 6.07) is 14.7. The fourth-order valence-electron chi connectivity index (χ4n) is 3.88. The number of nitrogens with zero attached hydrogens (tertiary/aromatic N) is 1. The van der Waals surface area contributed by atoms with Crippen LogP contribution in [0.25, 0.3) is 10.9 Å². The molecule has 1 aromatic heterocycles. The number of hydrogen-bond donors (Lipinski definition) is 0. The molecule has 0 saturated heterocycles. The molecule has 2 aromatic carbocycles. The minimum absolute atomic E-state index is 0.324. The van der Waals surface area contributed by atoms with Gasteiger partial charge in [0.15, 0.2) is 0 Å². The number of hydrogen-bond acceptors (Lipinski definition) is 2. The zero-order valence-electron chi connectivity index (χ0n) is 14.6. The Morgan fingerprint density at radius 2 is 1.72 bits per heavy atom. The second kappa shape index (κ2) is 6.03. The van der Waals surface area contributed by atoms with Crippen LogP contribution in [0.2, 0.25) is 0 Å². The molecule has 1 aliphatic carbocycles. The summed E-state index contributed by atoms with van der Waals surface area (Å²) in [6.45, 7) is 4.62. The van der Waals surface area contributed by atoms with Gasteiger partial charge in [-0.15, -0.1) is 0 Å². The van der Waals surface area contributed by atoms with Crippen molar-refractivity contribution in [2.24, 2.45) is 11.8 Å². The van der Waals surface area contributed by atoms with Gasteiger partial charge in [-0.2, -0.15) is 0 Å². The van der Waals surface area contributed by atoms with E-state index in [4.69, 9.17) is 0 Å². The topological polar surface area (TPSA) is 39.1 Å². The fraction of sp³-hybridized carbons (Fsp3) is 0.333. The lowest BCUT2D eigenvalue weighted by atomic mass is 9.89. The monoisotopic (exact) mass is 353 g/mol. The van der Waals surface area contributed by atoms with Crippen LogP contribution in [0, 0.1) is 11.8 Å². The van der Waals surface area contributed by atoms with Crippen LogP contribution in [0.4, 0.5) is 0 Å². The molecule has 3 aromatic rings. The predicted molar refractivity (Wildman–Crippen MR) is 101 cm³/mol. The van der Waals surface area contributed by atoms with Gasteiger partial charge in [0.1, 0.15) is 0 Å². The largest absolute Gasteiger partial charge is 0.268 e. The highest BCUT2D eigenvalue weighted by atomic mass is 32.2. The van der Waals surface area contributed by atoms with Gasteiger partial charge >= 0.3 is 0 Å². The Kier molecular flexibility index (Phi) is 3.95. The van der Waals surface area contributed by atoms with E-state index in [-0.39, 0.29) is 0 Å². The molecule has 1 unspecified atom stereocenters. The molecule has 0 amide bonds. The molecule has 0 spiro atoms. The zero-order valence-corrected chi connectivity index (χ0v) is 15.5. The van der Waals surface area contributed by atoms with Crippen molar-refractivity contribution in [2.45, 2.75) is 38.0 Å². The molecule has 1 heterocycles. The smallest absolute Gasteiger partial charge is 0.241 e. The van der Waals surface area contributed by atoms with Crippen LogP contribution in [0.15, 0.2) is 59.6 Å². The molecule has 1 aliphatic rings. The Bertz CT molecular complexity index is 1020. The Morgan fingerprint density at radius 3 is 2.48 bits per heavy atom. The molecular formula is C21H23NO2S. The minimum atomic E-state index is -3.57. The van der Waals surface area contributed by atoms with Crippen LogP contribution in [0.1, 0.15) is 31.4 Å². The van der Waals surface area contributed by atoms with E-state index in [1.165, 1.54) is 21.5 Å². The van der Waals surface area contributed by atoms with Gasteiger partial charge in [-0.05, 0) is 66.5 Å². The van der Waals surface area contributed by atoms with Gasteiger partial charge in [0, 0.05) is 11.6 Å². The van der Waals surface area contributed by atoms with Crippen molar-refractivity contribution < 1.29 is 8.42 Å². The quantitative estimate of drug-likeness (QED) is 0.630. The summed E-state index contributed by atoms with van der Waals surface area (Å²) < 4.78 is 27.5. The average molecular weight is 353 g/mol. The molecule has 0 saturated carbocycles. The fourth-order valence-corrected chi connectivity index (χ4v) is 5.25. The maximum absolute atomic E-state index is 13.0. The van der Waals surface area contributed by atoms with Gasteiger partial charge in [-0.1, -0.05) is 38.1 Å². The van der Waals surface area contributed by atoms with Crippen LogP contribution < -0.4 is 0 Å². The number of benzene rings is 2. The first-order valence-corrected chi connectivity index (χ1v) is 10.3.